The zero-order chi connectivity index (χ0) is 22.6. The number of rotatable bonds is 8. The first-order chi connectivity index (χ1) is 14.7. The molecule has 3 rings (SSSR count). The number of alkyl halides is 4. The fraction of sp³-hybridized carbons (Fsp3) is 0.739. The normalized spacial score (nSPS) is 27.5. The largest absolute Gasteiger partial charge is 0.481 e. The van der Waals surface area contributed by atoms with E-state index in [-0.39, 0.29) is 5.92 Å². The van der Waals surface area contributed by atoms with E-state index in [2.05, 4.69) is 11.7 Å². The molecule has 0 radical (unpaired) electrons. The van der Waals surface area contributed by atoms with E-state index in [1.807, 2.05) is 0 Å². The Bertz CT molecular complexity index is 689. The van der Waals surface area contributed by atoms with Crippen molar-refractivity contribution in [2.75, 3.05) is 6.61 Å². The van der Waals surface area contributed by atoms with Crippen molar-refractivity contribution in [3.05, 3.63) is 29.3 Å². The number of ether oxygens (including phenoxy) is 1. The Morgan fingerprint density at radius 2 is 1.52 bits per heavy atom. The van der Waals surface area contributed by atoms with E-state index in [0.717, 1.165) is 43.7 Å². The summed E-state index contributed by atoms with van der Waals surface area (Å²) in [7, 11) is -0.503. The minimum Gasteiger partial charge on any atom is -0.481 e. The predicted octanol–water partition coefficient (Wildman–Crippen LogP) is 7.56. The number of hydrogen-bond donors (Lipinski definition) is 0. The van der Waals surface area contributed by atoms with Crippen LogP contribution >= 0.6 is 0 Å². The van der Waals surface area contributed by atoms with Gasteiger partial charge in [0.15, 0.2) is 24.0 Å². The standard InChI is InChI=1S/C23H32F6OSi/c1-2-9-31-10-7-17(8-11-31)15-3-5-16(6-4-15)18-12-19(24)21(20(25)13-18)30-14-23(28,29)22(26)27/h12-13,15-17,22,31H,2-11,14H2,1H3/t15-,16-,17-,31-. The topological polar surface area (TPSA) is 9.23 Å². The molecule has 0 aromatic heterocycles. The molecule has 0 bridgehead atoms. The number of halogens is 6. The van der Waals surface area contributed by atoms with Crippen LogP contribution < -0.4 is 4.74 Å². The highest BCUT2D eigenvalue weighted by molar-refractivity contribution is 6.58. The molecule has 1 heterocycles. The van der Waals surface area contributed by atoms with Crippen molar-refractivity contribution in [3.8, 4) is 5.75 Å². The quantitative estimate of drug-likeness (QED) is 0.284. The third-order valence-electron chi connectivity index (χ3n) is 7.25. The molecule has 176 valence electrons. The molecule has 1 saturated heterocycles. The Kier molecular flexibility index (Phi) is 8.38. The average molecular weight is 467 g/mol. The van der Waals surface area contributed by atoms with Gasteiger partial charge in [-0.1, -0.05) is 44.3 Å². The van der Waals surface area contributed by atoms with Crippen molar-refractivity contribution < 1.29 is 31.1 Å². The van der Waals surface area contributed by atoms with Crippen LogP contribution in [-0.4, -0.2) is 27.8 Å². The van der Waals surface area contributed by atoms with Gasteiger partial charge in [-0.05, 0) is 61.1 Å². The molecule has 1 aliphatic carbocycles. The molecule has 0 spiro atoms. The van der Waals surface area contributed by atoms with Crippen molar-refractivity contribution in [1.29, 1.82) is 0 Å². The highest BCUT2D eigenvalue weighted by Crippen LogP contribution is 2.44. The van der Waals surface area contributed by atoms with E-state index in [1.54, 1.807) is 0 Å². The van der Waals surface area contributed by atoms with Gasteiger partial charge in [-0.2, -0.15) is 8.78 Å². The second-order valence-electron chi connectivity index (χ2n) is 9.35. The Morgan fingerprint density at radius 1 is 0.968 bits per heavy atom. The van der Waals surface area contributed by atoms with Gasteiger partial charge in [0.1, 0.15) is 0 Å². The van der Waals surface area contributed by atoms with Crippen LogP contribution in [0, 0.1) is 23.5 Å². The molecule has 1 aromatic rings. The maximum Gasteiger partial charge on any atom is 0.340 e. The smallest absolute Gasteiger partial charge is 0.340 e. The van der Waals surface area contributed by atoms with E-state index in [0.29, 0.717) is 11.5 Å². The third-order valence-corrected chi connectivity index (χ3v) is 10.9. The second-order valence-corrected chi connectivity index (χ2v) is 12.8. The number of hydrogen-bond acceptors (Lipinski definition) is 1. The van der Waals surface area contributed by atoms with Gasteiger partial charge >= 0.3 is 12.3 Å². The Balaban J connectivity index is 1.55. The summed E-state index contributed by atoms with van der Waals surface area (Å²) < 4.78 is 83.5. The SMILES string of the molecule is CCC[Si@H]1CC[C@H]([C@H]2CC[C@H](c3cc(F)c(OCC(F)(F)C(F)F)c(F)c3)CC2)CC1. The zero-order valence-electron chi connectivity index (χ0n) is 18.0. The molecule has 1 saturated carbocycles. The van der Waals surface area contributed by atoms with Crippen molar-refractivity contribution in [2.45, 2.75) is 88.3 Å². The summed E-state index contributed by atoms with van der Waals surface area (Å²) in [4.78, 5) is 0. The van der Waals surface area contributed by atoms with E-state index in [4.69, 9.17) is 0 Å². The zero-order valence-corrected chi connectivity index (χ0v) is 19.2. The van der Waals surface area contributed by atoms with E-state index < -0.39 is 45.1 Å². The minimum absolute atomic E-state index is 0.0163. The lowest BCUT2D eigenvalue weighted by Crippen LogP contribution is -2.34. The van der Waals surface area contributed by atoms with Crippen LogP contribution in [0.4, 0.5) is 26.3 Å². The van der Waals surface area contributed by atoms with E-state index in [1.165, 1.54) is 37.4 Å². The van der Waals surface area contributed by atoms with E-state index >= 15 is 0 Å². The van der Waals surface area contributed by atoms with Crippen molar-refractivity contribution in [1.82, 2.24) is 0 Å². The van der Waals surface area contributed by atoms with Crippen molar-refractivity contribution in [3.63, 3.8) is 0 Å². The van der Waals surface area contributed by atoms with Crippen LogP contribution in [0.3, 0.4) is 0 Å². The van der Waals surface area contributed by atoms with Gasteiger partial charge < -0.3 is 4.74 Å². The average Bonchev–Trinajstić information content (AvgIpc) is 2.74. The molecule has 0 atom stereocenters. The molecule has 2 aliphatic rings. The molecular formula is C23H32F6OSi. The summed E-state index contributed by atoms with van der Waals surface area (Å²) in [5, 5.41) is 0. The third kappa shape index (κ3) is 6.20. The fourth-order valence-corrected chi connectivity index (χ4v) is 8.95. The predicted molar refractivity (Wildman–Crippen MR) is 112 cm³/mol. The van der Waals surface area contributed by atoms with Gasteiger partial charge in [0.25, 0.3) is 0 Å². The molecule has 1 aliphatic heterocycles. The first-order valence-electron chi connectivity index (χ1n) is 11.5. The van der Waals surface area contributed by atoms with Crippen molar-refractivity contribution in [2.24, 2.45) is 11.8 Å². The Morgan fingerprint density at radius 3 is 2.03 bits per heavy atom. The van der Waals surface area contributed by atoms with Gasteiger partial charge in [0.2, 0.25) is 0 Å². The van der Waals surface area contributed by atoms with Crippen LogP contribution in [0.5, 0.6) is 5.75 Å². The maximum atomic E-state index is 14.3. The van der Waals surface area contributed by atoms with Crippen LogP contribution in [-0.2, 0) is 0 Å². The van der Waals surface area contributed by atoms with Crippen LogP contribution in [0.2, 0.25) is 18.1 Å². The molecule has 0 unspecified atom stereocenters. The minimum atomic E-state index is -4.46. The molecule has 8 heteroatoms. The summed E-state index contributed by atoms with van der Waals surface area (Å²) in [6.45, 7) is 0.496. The maximum absolute atomic E-state index is 14.3. The monoisotopic (exact) mass is 466 g/mol. The molecule has 2 fully saturated rings. The number of benzene rings is 1. The Hall–Kier alpha value is -1.18. The highest BCUT2D eigenvalue weighted by atomic mass is 28.3. The molecule has 0 amide bonds. The van der Waals surface area contributed by atoms with Crippen molar-refractivity contribution >= 4 is 8.80 Å². The lowest BCUT2D eigenvalue weighted by molar-refractivity contribution is -0.148. The Labute approximate surface area is 182 Å². The lowest BCUT2D eigenvalue weighted by atomic mass is 9.72. The lowest BCUT2D eigenvalue weighted by Gasteiger charge is -2.37. The fourth-order valence-electron chi connectivity index (χ4n) is 5.46. The van der Waals surface area contributed by atoms with Gasteiger partial charge in [-0.15, -0.1) is 0 Å². The molecule has 31 heavy (non-hydrogen) atoms. The first-order valence-corrected chi connectivity index (χ1v) is 13.9. The molecule has 0 N–H and O–H groups in total. The summed E-state index contributed by atoms with van der Waals surface area (Å²) in [5.41, 5.74) is 0.487. The second kappa shape index (κ2) is 10.6. The summed E-state index contributed by atoms with van der Waals surface area (Å²) in [5.74, 6) is -6.26. The van der Waals surface area contributed by atoms with Crippen LogP contribution in [0.1, 0.15) is 63.4 Å². The summed E-state index contributed by atoms with van der Waals surface area (Å²) in [6.07, 6.45) is 3.79. The molecule has 1 aromatic carbocycles. The van der Waals surface area contributed by atoms with Crippen LogP contribution in [0.25, 0.3) is 0 Å². The van der Waals surface area contributed by atoms with Gasteiger partial charge in [-0.3, -0.25) is 0 Å². The molecular weight excluding hydrogens is 434 g/mol. The molecule has 1 nitrogen and oxygen atoms in total. The highest BCUT2D eigenvalue weighted by Gasteiger charge is 2.42. The summed E-state index contributed by atoms with van der Waals surface area (Å²) in [6, 6.07) is 6.55. The van der Waals surface area contributed by atoms with Crippen LogP contribution in [0.15, 0.2) is 12.1 Å². The summed E-state index contributed by atoms with van der Waals surface area (Å²) >= 11 is 0. The van der Waals surface area contributed by atoms with Gasteiger partial charge in [0, 0.05) is 8.80 Å². The first kappa shape index (κ1) is 24.5. The van der Waals surface area contributed by atoms with Gasteiger partial charge in [-0.25, -0.2) is 17.6 Å². The van der Waals surface area contributed by atoms with Gasteiger partial charge in [0.05, 0.1) is 0 Å². The van der Waals surface area contributed by atoms with E-state index in [9.17, 15) is 26.3 Å².